The first-order valence-corrected chi connectivity index (χ1v) is 5.82. The van der Waals surface area contributed by atoms with Crippen LogP contribution in [0.2, 0.25) is 5.02 Å². The van der Waals surface area contributed by atoms with E-state index in [1.807, 2.05) is 42.6 Å². The smallest absolute Gasteiger partial charge is 0.0780 e. The molecule has 3 aromatic rings. The molecule has 17 heavy (non-hydrogen) atoms. The third-order valence-electron chi connectivity index (χ3n) is 2.79. The molecule has 0 saturated heterocycles. The predicted molar refractivity (Wildman–Crippen MR) is 72.2 cm³/mol. The predicted octanol–water partition coefficient (Wildman–Crippen LogP) is 4.56. The van der Waals surface area contributed by atoms with Crippen molar-refractivity contribution in [2.75, 3.05) is 0 Å². The van der Waals surface area contributed by atoms with E-state index < -0.39 is 0 Å². The molecule has 1 heterocycles. The summed E-state index contributed by atoms with van der Waals surface area (Å²) in [5.74, 6) is 0. The topological polar surface area (TPSA) is 12.9 Å². The van der Waals surface area contributed by atoms with Gasteiger partial charge in [0.1, 0.15) is 0 Å². The molecular weight excluding hydrogens is 230 g/mol. The second-order valence-corrected chi connectivity index (χ2v) is 4.32. The van der Waals surface area contributed by atoms with Crippen molar-refractivity contribution in [2.24, 2.45) is 0 Å². The van der Waals surface area contributed by atoms with Gasteiger partial charge in [0.2, 0.25) is 0 Å². The molecule has 1 nitrogen and oxygen atoms in total. The molecule has 0 aliphatic heterocycles. The lowest BCUT2D eigenvalue weighted by molar-refractivity contribution is 1.41. The summed E-state index contributed by atoms with van der Waals surface area (Å²) in [4.78, 5) is 4.45. The first-order chi connectivity index (χ1) is 8.34. The molecule has 82 valence electrons. The third-order valence-corrected chi connectivity index (χ3v) is 3.04. The molecule has 1 aromatic heterocycles. The second-order valence-electron chi connectivity index (χ2n) is 3.89. The van der Waals surface area contributed by atoms with Crippen molar-refractivity contribution < 1.29 is 0 Å². The lowest BCUT2D eigenvalue weighted by Gasteiger charge is -2.05. The van der Waals surface area contributed by atoms with E-state index in [0.29, 0.717) is 0 Å². The zero-order valence-corrected chi connectivity index (χ0v) is 9.85. The van der Waals surface area contributed by atoms with Gasteiger partial charge in [-0.2, -0.15) is 0 Å². The van der Waals surface area contributed by atoms with Gasteiger partial charge >= 0.3 is 0 Å². The van der Waals surface area contributed by atoms with Crippen LogP contribution < -0.4 is 0 Å². The van der Waals surface area contributed by atoms with Gasteiger partial charge in [0, 0.05) is 22.2 Å². The molecule has 0 bridgehead atoms. The molecule has 3 rings (SSSR count). The lowest BCUT2D eigenvalue weighted by Crippen LogP contribution is -1.83. The second kappa shape index (κ2) is 4.19. The third kappa shape index (κ3) is 1.90. The number of rotatable bonds is 1. The molecule has 0 unspecified atom stereocenters. The van der Waals surface area contributed by atoms with Crippen LogP contribution in [0.5, 0.6) is 0 Å². The van der Waals surface area contributed by atoms with Crippen LogP contribution in [0.1, 0.15) is 0 Å². The van der Waals surface area contributed by atoms with Crippen LogP contribution in [-0.4, -0.2) is 4.98 Å². The number of aromatic nitrogens is 1. The van der Waals surface area contributed by atoms with Gasteiger partial charge in [-0.1, -0.05) is 48.0 Å². The summed E-state index contributed by atoms with van der Waals surface area (Å²) in [6.07, 6.45) is 1.82. The Morgan fingerprint density at radius 1 is 0.824 bits per heavy atom. The summed E-state index contributed by atoms with van der Waals surface area (Å²) in [7, 11) is 0. The number of para-hydroxylation sites is 1. The summed E-state index contributed by atoms with van der Waals surface area (Å²) in [5.41, 5.74) is 3.30. The molecular formula is C15H10ClN. The number of fused-ring (bicyclic) bond motifs is 1. The average molecular weight is 240 g/mol. The highest BCUT2D eigenvalue weighted by atomic mass is 35.5. The van der Waals surface area contributed by atoms with E-state index in [2.05, 4.69) is 23.2 Å². The van der Waals surface area contributed by atoms with Gasteiger partial charge in [0.15, 0.2) is 0 Å². The molecule has 0 amide bonds. The van der Waals surface area contributed by atoms with E-state index in [9.17, 15) is 0 Å². The Morgan fingerprint density at radius 3 is 2.41 bits per heavy atom. The van der Waals surface area contributed by atoms with Crippen molar-refractivity contribution in [3.8, 4) is 11.1 Å². The molecule has 0 aliphatic carbocycles. The quantitative estimate of drug-likeness (QED) is 0.607. The highest BCUT2D eigenvalue weighted by Crippen LogP contribution is 2.27. The Hall–Kier alpha value is -1.86. The molecule has 0 saturated carbocycles. The molecule has 0 radical (unpaired) electrons. The molecule has 0 spiro atoms. The number of nitrogens with zero attached hydrogens (tertiary/aromatic N) is 1. The Morgan fingerprint density at radius 2 is 1.59 bits per heavy atom. The Kier molecular flexibility index (Phi) is 2.54. The van der Waals surface area contributed by atoms with E-state index in [1.165, 1.54) is 0 Å². The van der Waals surface area contributed by atoms with Crippen LogP contribution in [0, 0.1) is 0 Å². The Labute approximate surface area is 105 Å². The number of hydrogen-bond acceptors (Lipinski definition) is 1. The van der Waals surface area contributed by atoms with Gasteiger partial charge in [-0.05, 0) is 23.8 Å². The summed E-state index contributed by atoms with van der Waals surface area (Å²) >= 11 is 5.90. The van der Waals surface area contributed by atoms with Crippen molar-refractivity contribution in [2.45, 2.75) is 0 Å². The van der Waals surface area contributed by atoms with Crippen molar-refractivity contribution >= 4 is 22.5 Å². The fourth-order valence-electron chi connectivity index (χ4n) is 1.97. The minimum atomic E-state index is 0.752. The molecule has 2 heteroatoms. The maximum atomic E-state index is 5.90. The lowest BCUT2D eigenvalue weighted by atomic mass is 10.0. The fourth-order valence-corrected chi connectivity index (χ4v) is 2.09. The minimum Gasteiger partial charge on any atom is -0.256 e. The van der Waals surface area contributed by atoms with Crippen LogP contribution in [0.3, 0.4) is 0 Å². The van der Waals surface area contributed by atoms with Crippen LogP contribution in [0.15, 0.2) is 60.8 Å². The van der Waals surface area contributed by atoms with Gasteiger partial charge in [0.25, 0.3) is 0 Å². The fraction of sp³-hybridized carbons (Fsp3) is 0. The monoisotopic (exact) mass is 239 g/mol. The molecule has 0 fully saturated rings. The first kappa shape index (κ1) is 10.3. The number of pyridine rings is 1. The van der Waals surface area contributed by atoms with E-state index in [0.717, 1.165) is 27.1 Å². The van der Waals surface area contributed by atoms with Gasteiger partial charge in [-0.3, -0.25) is 4.98 Å². The molecule has 0 aliphatic rings. The van der Waals surface area contributed by atoms with Gasteiger partial charge in [-0.25, -0.2) is 0 Å². The highest BCUT2D eigenvalue weighted by Gasteiger charge is 2.03. The summed E-state index contributed by atoms with van der Waals surface area (Å²) in [5, 5.41) is 1.90. The molecule has 0 atom stereocenters. The Balaban J connectivity index is 2.27. The summed E-state index contributed by atoms with van der Waals surface area (Å²) < 4.78 is 0. The van der Waals surface area contributed by atoms with E-state index in [1.54, 1.807) is 0 Å². The van der Waals surface area contributed by atoms with Gasteiger partial charge < -0.3 is 0 Å². The zero-order chi connectivity index (χ0) is 11.7. The van der Waals surface area contributed by atoms with Crippen molar-refractivity contribution in [3.63, 3.8) is 0 Å². The molecule has 2 aromatic carbocycles. The van der Waals surface area contributed by atoms with Gasteiger partial charge in [0.05, 0.1) is 5.52 Å². The van der Waals surface area contributed by atoms with Crippen LogP contribution in [-0.2, 0) is 0 Å². The summed E-state index contributed by atoms with van der Waals surface area (Å²) in [6, 6.07) is 18.1. The normalized spacial score (nSPS) is 10.6. The van der Waals surface area contributed by atoms with Crippen LogP contribution >= 0.6 is 11.6 Å². The first-order valence-electron chi connectivity index (χ1n) is 5.44. The van der Waals surface area contributed by atoms with Crippen molar-refractivity contribution in [1.29, 1.82) is 0 Å². The average Bonchev–Trinajstić information content (AvgIpc) is 2.39. The van der Waals surface area contributed by atoms with Gasteiger partial charge in [-0.15, -0.1) is 0 Å². The number of benzene rings is 2. The highest BCUT2D eigenvalue weighted by molar-refractivity contribution is 6.30. The number of halogens is 1. The van der Waals surface area contributed by atoms with E-state index >= 15 is 0 Å². The van der Waals surface area contributed by atoms with Crippen LogP contribution in [0.4, 0.5) is 0 Å². The van der Waals surface area contributed by atoms with Crippen LogP contribution in [0.25, 0.3) is 22.0 Å². The SMILES string of the molecule is Clc1ccc(-c2cccc3cccnc23)cc1. The zero-order valence-electron chi connectivity index (χ0n) is 9.10. The van der Waals surface area contributed by atoms with E-state index in [-0.39, 0.29) is 0 Å². The Bertz CT molecular complexity index is 654. The van der Waals surface area contributed by atoms with E-state index in [4.69, 9.17) is 11.6 Å². The standard InChI is InChI=1S/C15H10ClN/c16-13-8-6-11(7-9-13)14-5-1-3-12-4-2-10-17-15(12)14/h1-10H. The maximum Gasteiger partial charge on any atom is 0.0780 e. The molecule has 0 N–H and O–H groups in total. The van der Waals surface area contributed by atoms with Crippen molar-refractivity contribution in [3.05, 3.63) is 65.8 Å². The maximum absolute atomic E-state index is 5.90. The number of hydrogen-bond donors (Lipinski definition) is 0. The largest absolute Gasteiger partial charge is 0.256 e. The summed E-state index contributed by atoms with van der Waals surface area (Å²) in [6.45, 7) is 0. The minimum absolute atomic E-state index is 0.752. The van der Waals surface area contributed by atoms with Crippen molar-refractivity contribution in [1.82, 2.24) is 4.98 Å².